The molecule has 3 amide bonds. The minimum atomic E-state index is -1.59. The van der Waals surface area contributed by atoms with Gasteiger partial charge in [0.15, 0.2) is 12.4 Å². The van der Waals surface area contributed by atoms with Crippen molar-refractivity contribution in [3.05, 3.63) is 190 Å². The minimum Gasteiger partial charge on any atom is -0.445 e. The van der Waals surface area contributed by atoms with Gasteiger partial charge in [0.25, 0.3) is 0 Å². The van der Waals surface area contributed by atoms with Crippen molar-refractivity contribution in [1.29, 1.82) is 0 Å². The molecule has 0 aromatic heterocycles. The number of azide groups is 1. The van der Waals surface area contributed by atoms with E-state index >= 15 is 0 Å². The van der Waals surface area contributed by atoms with Gasteiger partial charge in [-0.2, -0.15) is 0 Å². The second kappa shape index (κ2) is 23.2. The van der Waals surface area contributed by atoms with Crippen LogP contribution in [0.1, 0.15) is 41.2 Å². The smallest absolute Gasteiger partial charge is 0.410 e. The van der Waals surface area contributed by atoms with Gasteiger partial charge in [0.2, 0.25) is 0 Å². The van der Waals surface area contributed by atoms with Gasteiger partial charge in [0, 0.05) is 11.5 Å². The fraction of sp³-hybridized carbons (Fsp3) is 0.353. The Balaban J connectivity index is 1.12. The van der Waals surface area contributed by atoms with E-state index in [0.29, 0.717) is 0 Å². The van der Waals surface area contributed by atoms with Crippen molar-refractivity contribution in [3.63, 3.8) is 0 Å². The highest BCUT2D eigenvalue weighted by atomic mass is 16.7. The van der Waals surface area contributed by atoms with Crippen LogP contribution in [-0.2, 0) is 66.1 Å². The number of ether oxygens (including phenoxy) is 7. The highest BCUT2D eigenvalue weighted by Gasteiger charge is 2.59. The van der Waals surface area contributed by atoms with Crippen molar-refractivity contribution in [3.8, 4) is 0 Å². The zero-order valence-electron chi connectivity index (χ0n) is 37.3. The van der Waals surface area contributed by atoms with Crippen LogP contribution in [0.2, 0.25) is 0 Å². The van der Waals surface area contributed by atoms with Crippen LogP contribution in [0.4, 0.5) is 14.4 Å². The summed E-state index contributed by atoms with van der Waals surface area (Å²) in [5.41, 5.74) is 14.0. The van der Waals surface area contributed by atoms with Crippen LogP contribution in [0.15, 0.2) is 157 Å². The number of benzene rings is 5. The van der Waals surface area contributed by atoms with Crippen molar-refractivity contribution in [2.24, 2.45) is 5.11 Å². The van der Waals surface area contributed by atoms with Crippen LogP contribution in [0.5, 0.6) is 0 Å². The molecule has 17 heteroatoms. The Kier molecular flexibility index (Phi) is 16.2. The highest BCUT2D eigenvalue weighted by molar-refractivity contribution is 5.71. The fourth-order valence-electron chi connectivity index (χ4n) is 8.78. The topological polar surface area (TPSA) is 212 Å². The summed E-state index contributed by atoms with van der Waals surface area (Å²) in [6.07, 6.45) is -10.7. The first-order valence-corrected chi connectivity index (χ1v) is 22.5. The molecule has 1 saturated carbocycles. The van der Waals surface area contributed by atoms with Gasteiger partial charge in [-0.3, -0.25) is 4.90 Å². The van der Waals surface area contributed by atoms with Gasteiger partial charge in [-0.05, 0) is 46.7 Å². The van der Waals surface area contributed by atoms with E-state index in [2.05, 4.69) is 20.7 Å². The van der Waals surface area contributed by atoms with E-state index in [1.807, 2.05) is 146 Å². The predicted octanol–water partition coefficient (Wildman–Crippen LogP) is 7.71. The Hall–Kier alpha value is -6.98. The van der Waals surface area contributed by atoms with Crippen molar-refractivity contribution >= 4 is 18.3 Å². The lowest BCUT2D eigenvalue weighted by Crippen LogP contribution is -2.71. The second-order valence-corrected chi connectivity index (χ2v) is 16.8. The molecule has 5 aromatic carbocycles. The predicted molar refractivity (Wildman–Crippen MR) is 246 cm³/mol. The Morgan fingerprint density at radius 1 is 0.765 bits per heavy atom. The van der Waals surface area contributed by atoms with E-state index < -0.39 is 85.4 Å². The van der Waals surface area contributed by atoms with Gasteiger partial charge >= 0.3 is 18.3 Å². The lowest BCUT2D eigenvalue weighted by molar-refractivity contribution is -0.288. The van der Waals surface area contributed by atoms with E-state index in [0.717, 1.165) is 27.8 Å². The van der Waals surface area contributed by atoms with Crippen molar-refractivity contribution in [2.45, 2.75) is 113 Å². The Labute approximate surface area is 393 Å². The number of fused-ring (bicyclic) bond motifs is 1. The van der Waals surface area contributed by atoms with E-state index in [9.17, 15) is 25.0 Å². The maximum atomic E-state index is 14.3. The van der Waals surface area contributed by atoms with Gasteiger partial charge in [0.05, 0.1) is 37.4 Å². The summed E-state index contributed by atoms with van der Waals surface area (Å²) in [4.78, 5) is 45.7. The summed E-state index contributed by atoms with van der Waals surface area (Å²) < 4.78 is 44.0. The van der Waals surface area contributed by atoms with E-state index in [1.54, 1.807) is 17.0 Å². The number of rotatable bonds is 18. The number of carbonyl (C=O) groups is 3. The molecule has 2 aliphatic heterocycles. The van der Waals surface area contributed by atoms with Crippen LogP contribution < -0.4 is 10.6 Å². The van der Waals surface area contributed by atoms with Crippen LogP contribution in [0, 0.1) is 0 Å². The third-order valence-electron chi connectivity index (χ3n) is 12.2. The quantitative estimate of drug-likeness (QED) is 0.0335. The average molecular weight is 927 g/mol. The number of carbonyl (C=O) groups excluding carboxylic acids is 3. The van der Waals surface area contributed by atoms with Gasteiger partial charge < -0.3 is 48.9 Å². The number of hydrogen-bond acceptors (Lipinski definition) is 12. The lowest BCUT2D eigenvalue weighted by atomic mass is 9.81. The maximum absolute atomic E-state index is 14.3. The Morgan fingerprint density at radius 2 is 1.28 bits per heavy atom. The lowest BCUT2D eigenvalue weighted by Gasteiger charge is -2.49. The summed E-state index contributed by atoms with van der Waals surface area (Å²) in [5, 5.41) is 21.9. The molecule has 68 heavy (non-hydrogen) atoms. The number of amides is 3. The summed E-state index contributed by atoms with van der Waals surface area (Å²) in [6.45, 7) is 2.08. The molecule has 0 bridgehead atoms. The molecule has 0 spiro atoms. The number of nitrogens with zero attached hydrogens (tertiary/aromatic N) is 4. The number of hydrogen-bond donors (Lipinski definition) is 3. The summed E-state index contributed by atoms with van der Waals surface area (Å²) in [7, 11) is 0. The van der Waals surface area contributed by atoms with Crippen LogP contribution in [0.3, 0.4) is 0 Å². The zero-order valence-corrected chi connectivity index (χ0v) is 37.3. The molecule has 2 saturated heterocycles. The molecule has 3 aliphatic rings. The van der Waals surface area contributed by atoms with E-state index in [4.69, 9.17) is 33.2 Å². The first-order chi connectivity index (χ1) is 33.2. The summed E-state index contributed by atoms with van der Waals surface area (Å²) in [6, 6.07) is 42.6. The molecule has 5 aromatic rings. The first-order valence-electron chi connectivity index (χ1n) is 22.5. The third kappa shape index (κ3) is 12.1. The number of aliphatic hydroxyl groups is 1. The Morgan fingerprint density at radius 3 is 1.84 bits per heavy atom. The highest BCUT2D eigenvalue weighted by Crippen LogP contribution is 2.37. The largest absolute Gasteiger partial charge is 0.445 e. The molecular weight excluding hydrogens is 873 g/mol. The molecular formula is C51H54N6O11. The monoisotopic (exact) mass is 926 g/mol. The van der Waals surface area contributed by atoms with Crippen molar-refractivity contribution in [1.82, 2.24) is 15.5 Å². The van der Waals surface area contributed by atoms with Gasteiger partial charge in [-0.15, -0.1) is 0 Å². The molecule has 2 heterocycles. The number of nitrogens with one attached hydrogen (secondary N) is 2. The molecule has 17 nitrogen and oxygen atoms in total. The number of aliphatic hydroxyl groups excluding tert-OH is 1. The fourth-order valence-corrected chi connectivity index (χ4v) is 8.78. The molecule has 3 N–H and O–H groups in total. The number of alkyl carbamates (subject to hydrolysis) is 2. The normalized spacial score (nSPS) is 25.6. The molecule has 11 atom stereocenters. The summed E-state index contributed by atoms with van der Waals surface area (Å²) >= 11 is 0. The SMILES string of the molecule is C[C@H]([C@H]1O[C@H](O[C@H]2[C@H](O)[C@H]3OC(=O)N[C@@H]3[C@@H](OCc3ccccc3)[C@@H]2NC(=O)OCc2ccccc2)[C@H](N=[N+]=[N-])C[C@@H]1OCc1ccccc1)N(Cc1ccccc1)C(=O)OCc1ccccc1. The van der Waals surface area contributed by atoms with Crippen LogP contribution >= 0.6 is 0 Å². The van der Waals surface area contributed by atoms with E-state index in [-0.39, 0.29) is 39.4 Å². The van der Waals surface area contributed by atoms with Crippen LogP contribution in [0.25, 0.3) is 10.4 Å². The van der Waals surface area contributed by atoms with Crippen molar-refractivity contribution in [2.75, 3.05) is 0 Å². The van der Waals surface area contributed by atoms with Gasteiger partial charge in [-0.1, -0.05) is 157 Å². The minimum absolute atomic E-state index is 0.0126. The molecule has 1 aliphatic carbocycles. The van der Waals surface area contributed by atoms with Crippen molar-refractivity contribution < 1.29 is 52.6 Å². The first kappa shape index (κ1) is 47.5. The summed E-state index contributed by atoms with van der Waals surface area (Å²) in [5.74, 6) is 0. The third-order valence-corrected chi connectivity index (χ3v) is 12.2. The molecule has 0 unspecified atom stereocenters. The molecule has 3 fully saturated rings. The molecule has 8 rings (SSSR count). The standard InChI is InChI=1S/C51H54N6O11/c1-33(57(28-34-17-7-2-8-18-34)51(61)65-32-38-25-15-6-16-26-38)44-40(62-29-35-19-9-3-10-20-35)27-39(55-56-52)48(66-44)67-46-41(53-49(59)64-31-37-23-13-5-14-24-37)45(63-30-36-21-11-4-12-22-36)42-47(43(46)58)68-50(60)54-42/h2-26,33,39-48,58H,27-32H2,1H3,(H,53,59)(H,54,60)/t33-,39-,40+,41+,42-,43+,44-,45+,46-,47+,48-/m1/s1. The Bertz CT molecular complexity index is 2440. The molecule has 0 radical (unpaired) electrons. The zero-order chi connectivity index (χ0) is 47.2. The average Bonchev–Trinajstić information content (AvgIpc) is 3.77. The molecule has 354 valence electrons. The second-order valence-electron chi connectivity index (χ2n) is 16.8. The van der Waals surface area contributed by atoms with E-state index in [1.165, 1.54) is 0 Å². The van der Waals surface area contributed by atoms with Crippen LogP contribution in [-0.4, -0.2) is 95.4 Å². The van der Waals surface area contributed by atoms with Gasteiger partial charge in [-0.25, -0.2) is 14.4 Å². The maximum Gasteiger partial charge on any atom is 0.410 e. The van der Waals surface area contributed by atoms with Gasteiger partial charge in [0.1, 0.15) is 43.7 Å².